The summed E-state index contributed by atoms with van der Waals surface area (Å²) in [6.07, 6.45) is 22.4. The lowest BCUT2D eigenvalue weighted by molar-refractivity contribution is -0.121. The maximum atomic E-state index is 11.5. The van der Waals surface area contributed by atoms with E-state index in [4.69, 9.17) is 5.11 Å². The second-order valence-corrected chi connectivity index (χ2v) is 7.31. The van der Waals surface area contributed by atoms with Crippen LogP contribution in [-0.4, -0.2) is 23.2 Å². The second kappa shape index (κ2) is 14.5. The standard InChI is InChI=1S/C21H39NO2/c1-2-3-4-5-6-7-8-9-10-11-12-13-14-15-16-17-21(24)22-19-18-20(19)23/h9-10,19-20,23H,2-8,11-18H2,1H3,(H,22,24). The summed E-state index contributed by atoms with van der Waals surface area (Å²) in [4.78, 5) is 11.5. The van der Waals surface area contributed by atoms with Crippen LogP contribution in [0.3, 0.4) is 0 Å². The van der Waals surface area contributed by atoms with Crippen molar-refractivity contribution in [2.75, 3.05) is 0 Å². The minimum absolute atomic E-state index is 0.0422. The van der Waals surface area contributed by atoms with E-state index in [1.807, 2.05) is 0 Å². The molecule has 1 saturated carbocycles. The van der Waals surface area contributed by atoms with Gasteiger partial charge in [0.15, 0.2) is 0 Å². The summed E-state index contributed by atoms with van der Waals surface area (Å²) >= 11 is 0. The minimum atomic E-state index is -0.289. The maximum Gasteiger partial charge on any atom is 0.220 e. The summed E-state index contributed by atoms with van der Waals surface area (Å²) in [6, 6.07) is 0.0422. The number of aliphatic hydroxyl groups excluding tert-OH is 1. The fourth-order valence-electron chi connectivity index (χ4n) is 2.97. The number of amides is 1. The van der Waals surface area contributed by atoms with Crippen LogP contribution in [0.15, 0.2) is 12.2 Å². The highest BCUT2D eigenvalue weighted by Crippen LogP contribution is 2.20. The van der Waals surface area contributed by atoms with Crippen molar-refractivity contribution < 1.29 is 9.90 Å². The fraction of sp³-hybridized carbons (Fsp3) is 0.857. The monoisotopic (exact) mass is 337 g/mol. The van der Waals surface area contributed by atoms with Crippen molar-refractivity contribution in [3.05, 3.63) is 12.2 Å². The minimum Gasteiger partial charge on any atom is -0.391 e. The van der Waals surface area contributed by atoms with Crippen LogP contribution in [0, 0.1) is 0 Å². The molecule has 0 bridgehead atoms. The van der Waals surface area contributed by atoms with Gasteiger partial charge in [0, 0.05) is 6.42 Å². The lowest BCUT2D eigenvalue weighted by atomic mass is 10.1. The molecule has 0 aromatic carbocycles. The molecular weight excluding hydrogens is 298 g/mol. The van der Waals surface area contributed by atoms with E-state index in [0.29, 0.717) is 6.42 Å². The predicted molar refractivity (Wildman–Crippen MR) is 102 cm³/mol. The third kappa shape index (κ3) is 12.6. The van der Waals surface area contributed by atoms with Crippen LogP contribution in [0.4, 0.5) is 0 Å². The van der Waals surface area contributed by atoms with Crippen LogP contribution in [-0.2, 0) is 4.79 Å². The average molecular weight is 338 g/mol. The largest absolute Gasteiger partial charge is 0.391 e. The summed E-state index contributed by atoms with van der Waals surface area (Å²) in [5.74, 6) is 0.106. The van der Waals surface area contributed by atoms with Crippen molar-refractivity contribution in [1.82, 2.24) is 5.32 Å². The third-order valence-corrected chi connectivity index (χ3v) is 4.77. The van der Waals surface area contributed by atoms with Crippen LogP contribution in [0.25, 0.3) is 0 Å². The Morgan fingerprint density at radius 2 is 1.42 bits per heavy atom. The predicted octanol–water partition coefficient (Wildman–Crippen LogP) is 5.27. The molecule has 2 atom stereocenters. The average Bonchev–Trinajstić information content (AvgIpc) is 3.25. The van der Waals surface area contributed by atoms with E-state index in [9.17, 15) is 4.79 Å². The number of allylic oxidation sites excluding steroid dienone is 2. The van der Waals surface area contributed by atoms with Gasteiger partial charge in [-0.1, -0.05) is 70.4 Å². The molecule has 1 aliphatic rings. The van der Waals surface area contributed by atoms with Gasteiger partial charge in [0.2, 0.25) is 5.91 Å². The van der Waals surface area contributed by atoms with Gasteiger partial charge >= 0.3 is 0 Å². The van der Waals surface area contributed by atoms with Crippen molar-refractivity contribution in [1.29, 1.82) is 0 Å². The number of aliphatic hydroxyl groups is 1. The van der Waals surface area contributed by atoms with Crippen LogP contribution in [0.2, 0.25) is 0 Å². The molecule has 0 spiro atoms. The number of carbonyl (C=O) groups excluding carboxylic acids is 1. The Morgan fingerprint density at radius 3 is 1.96 bits per heavy atom. The molecule has 1 rings (SSSR count). The Kier molecular flexibility index (Phi) is 12.8. The van der Waals surface area contributed by atoms with Crippen molar-refractivity contribution in [3.63, 3.8) is 0 Å². The molecule has 140 valence electrons. The Balaban J connectivity index is 1.74. The van der Waals surface area contributed by atoms with Crippen LogP contribution in [0.1, 0.15) is 103 Å². The lowest BCUT2D eigenvalue weighted by Gasteiger charge is -2.03. The van der Waals surface area contributed by atoms with E-state index in [1.165, 1.54) is 70.6 Å². The quantitative estimate of drug-likeness (QED) is 0.297. The molecule has 0 aliphatic heterocycles. The van der Waals surface area contributed by atoms with Crippen molar-refractivity contribution in [2.45, 2.75) is 115 Å². The van der Waals surface area contributed by atoms with E-state index in [2.05, 4.69) is 24.4 Å². The molecule has 0 aromatic heterocycles. The summed E-state index contributed by atoms with van der Waals surface area (Å²) in [7, 11) is 0. The SMILES string of the molecule is CCCCCCCCC=CCCCCCCCC(=O)NC1CC1O. The van der Waals surface area contributed by atoms with Crippen molar-refractivity contribution in [2.24, 2.45) is 0 Å². The molecular formula is C21H39NO2. The third-order valence-electron chi connectivity index (χ3n) is 4.77. The van der Waals surface area contributed by atoms with Crippen LogP contribution >= 0.6 is 0 Å². The first kappa shape index (κ1) is 21.2. The maximum absolute atomic E-state index is 11.5. The highest BCUT2D eigenvalue weighted by molar-refractivity contribution is 5.76. The van der Waals surface area contributed by atoms with Gasteiger partial charge in [-0.3, -0.25) is 4.79 Å². The molecule has 1 fully saturated rings. The number of hydrogen-bond acceptors (Lipinski definition) is 2. The Morgan fingerprint density at radius 1 is 0.917 bits per heavy atom. The molecule has 2 unspecified atom stereocenters. The molecule has 3 nitrogen and oxygen atoms in total. The van der Waals surface area contributed by atoms with E-state index >= 15 is 0 Å². The summed E-state index contributed by atoms with van der Waals surface area (Å²) < 4.78 is 0. The van der Waals surface area contributed by atoms with Gasteiger partial charge in [-0.15, -0.1) is 0 Å². The van der Waals surface area contributed by atoms with Crippen molar-refractivity contribution in [3.8, 4) is 0 Å². The van der Waals surface area contributed by atoms with Crippen molar-refractivity contribution >= 4 is 5.91 Å². The second-order valence-electron chi connectivity index (χ2n) is 7.31. The van der Waals surface area contributed by atoms with Gasteiger partial charge in [0.25, 0.3) is 0 Å². The van der Waals surface area contributed by atoms with E-state index in [0.717, 1.165) is 19.3 Å². The van der Waals surface area contributed by atoms with E-state index in [-0.39, 0.29) is 18.1 Å². The molecule has 24 heavy (non-hydrogen) atoms. The number of carbonyl (C=O) groups is 1. The zero-order chi connectivity index (χ0) is 17.5. The van der Waals surface area contributed by atoms with Crippen LogP contribution in [0.5, 0.6) is 0 Å². The van der Waals surface area contributed by atoms with Gasteiger partial charge in [-0.25, -0.2) is 0 Å². The van der Waals surface area contributed by atoms with Crippen LogP contribution < -0.4 is 5.32 Å². The zero-order valence-corrected chi connectivity index (χ0v) is 15.8. The molecule has 0 aromatic rings. The number of rotatable bonds is 16. The van der Waals surface area contributed by atoms with E-state index in [1.54, 1.807) is 0 Å². The van der Waals surface area contributed by atoms with Gasteiger partial charge in [0.1, 0.15) is 0 Å². The molecule has 0 heterocycles. The molecule has 1 amide bonds. The molecule has 0 saturated heterocycles. The first-order chi connectivity index (χ1) is 11.7. The normalized spacial score (nSPS) is 19.8. The first-order valence-electron chi connectivity index (χ1n) is 10.4. The van der Waals surface area contributed by atoms with Gasteiger partial charge < -0.3 is 10.4 Å². The number of hydrogen-bond donors (Lipinski definition) is 2. The van der Waals surface area contributed by atoms with Gasteiger partial charge in [0.05, 0.1) is 12.1 Å². The smallest absolute Gasteiger partial charge is 0.220 e. The Labute approximate surface area is 149 Å². The van der Waals surface area contributed by atoms with Gasteiger partial charge in [-0.05, 0) is 38.5 Å². The van der Waals surface area contributed by atoms with E-state index < -0.39 is 0 Å². The molecule has 1 aliphatic carbocycles. The fourth-order valence-corrected chi connectivity index (χ4v) is 2.97. The number of nitrogens with one attached hydrogen (secondary N) is 1. The first-order valence-corrected chi connectivity index (χ1v) is 10.4. The Bertz CT molecular complexity index is 341. The van der Waals surface area contributed by atoms with Gasteiger partial charge in [-0.2, -0.15) is 0 Å². The summed E-state index contributed by atoms with van der Waals surface area (Å²) in [6.45, 7) is 2.26. The highest BCUT2D eigenvalue weighted by atomic mass is 16.3. The summed E-state index contributed by atoms with van der Waals surface area (Å²) in [5, 5.41) is 12.0. The highest BCUT2D eigenvalue weighted by Gasteiger charge is 2.36. The number of unbranched alkanes of at least 4 members (excludes halogenated alkanes) is 11. The molecule has 2 N–H and O–H groups in total. The zero-order valence-electron chi connectivity index (χ0n) is 15.8. The lowest BCUT2D eigenvalue weighted by Crippen LogP contribution is -2.27. The Hall–Kier alpha value is -0.830. The topological polar surface area (TPSA) is 49.3 Å². The molecule has 0 radical (unpaired) electrons. The molecule has 3 heteroatoms. The summed E-state index contributed by atoms with van der Waals surface area (Å²) in [5.41, 5.74) is 0.